The zero-order chi connectivity index (χ0) is 14.5. The Hall–Kier alpha value is -1.46. The predicted octanol–water partition coefficient (Wildman–Crippen LogP) is 1.87. The summed E-state index contributed by atoms with van der Waals surface area (Å²) in [5.74, 6) is 1.39. The summed E-state index contributed by atoms with van der Waals surface area (Å²) in [5.41, 5.74) is 1.52. The van der Waals surface area contributed by atoms with Gasteiger partial charge in [-0.1, -0.05) is 0 Å². The highest BCUT2D eigenvalue weighted by molar-refractivity contribution is 5.95. The SMILES string of the molecule is COc1cc(C(=O)N2CCCNCC2)cc(OC)c1C.Cl. The molecule has 5 nitrogen and oxygen atoms in total. The van der Waals surface area contributed by atoms with Crippen LogP contribution in [0, 0.1) is 6.92 Å². The van der Waals surface area contributed by atoms with Crippen molar-refractivity contribution in [3.63, 3.8) is 0 Å². The number of nitrogens with one attached hydrogen (secondary N) is 1. The molecule has 1 N–H and O–H groups in total. The standard InChI is InChI=1S/C15H22N2O3.ClH/c1-11-13(19-2)9-12(10-14(11)20-3)15(18)17-7-4-5-16-6-8-17;/h9-10,16H,4-8H2,1-3H3;1H. The number of halogens is 1. The molecule has 1 aliphatic heterocycles. The van der Waals surface area contributed by atoms with E-state index in [9.17, 15) is 4.79 Å². The molecule has 0 unspecified atom stereocenters. The monoisotopic (exact) mass is 314 g/mol. The van der Waals surface area contributed by atoms with E-state index >= 15 is 0 Å². The number of hydrogen-bond donors (Lipinski definition) is 1. The van der Waals surface area contributed by atoms with Gasteiger partial charge < -0.3 is 19.7 Å². The maximum atomic E-state index is 12.6. The summed E-state index contributed by atoms with van der Waals surface area (Å²) in [6.45, 7) is 5.24. The van der Waals surface area contributed by atoms with Crippen molar-refractivity contribution < 1.29 is 14.3 Å². The number of benzene rings is 1. The summed E-state index contributed by atoms with van der Waals surface area (Å²) >= 11 is 0. The second-order valence-electron chi connectivity index (χ2n) is 4.90. The lowest BCUT2D eigenvalue weighted by atomic mass is 10.1. The van der Waals surface area contributed by atoms with Crippen LogP contribution in [0.25, 0.3) is 0 Å². The molecule has 0 saturated carbocycles. The Morgan fingerprint density at radius 1 is 1.14 bits per heavy atom. The molecule has 0 bridgehead atoms. The maximum Gasteiger partial charge on any atom is 0.254 e. The molecule has 0 spiro atoms. The summed E-state index contributed by atoms with van der Waals surface area (Å²) < 4.78 is 10.7. The molecule has 1 amide bonds. The highest BCUT2D eigenvalue weighted by atomic mass is 35.5. The van der Waals surface area contributed by atoms with Gasteiger partial charge in [0, 0.05) is 30.8 Å². The Morgan fingerprint density at radius 2 is 1.76 bits per heavy atom. The number of nitrogens with zero attached hydrogens (tertiary/aromatic N) is 1. The van der Waals surface area contributed by atoms with Gasteiger partial charge in [-0.3, -0.25) is 4.79 Å². The minimum Gasteiger partial charge on any atom is -0.496 e. The number of hydrogen-bond acceptors (Lipinski definition) is 4. The van der Waals surface area contributed by atoms with E-state index in [2.05, 4.69) is 5.32 Å². The van der Waals surface area contributed by atoms with Crippen LogP contribution in [0.1, 0.15) is 22.3 Å². The Labute approximate surface area is 132 Å². The lowest BCUT2D eigenvalue weighted by Gasteiger charge is -2.21. The van der Waals surface area contributed by atoms with Crippen molar-refractivity contribution in [2.45, 2.75) is 13.3 Å². The summed E-state index contributed by atoms with van der Waals surface area (Å²) in [6.07, 6.45) is 0.978. The van der Waals surface area contributed by atoms with Crippen LogP contribution in [0.4, 0.5) is 0 Å². The van der Waals surface area contributed by atoms with Gasteiger partial charge in [-0.25, -0.2) is 0 Å². The second-order valence-corrected chi connectivity index (χ2v) is 4.90. The largest absolute Gasteiger partial charge is 0.496 e. The van der Waals surface area contributed by atoms with E-state index in [-0.39, 0.29) is 18.3 Å². The van der Waals surface area contributed by atoms with Crippen molar-refractivity contribution in [1.82, 2.24) is 10.2 Å². The molecule has 1 aromatic carbocycles. The molecule has 1 saturated heterocycles. The summed E-state index contributed by atoms with van der Waals surface area (Å²) in [5, 5.41) is 3.29. The van der Waals surface area contributed by atoms with Crippen molar-refractivity contribution in [2.24, 2.45) is 0 Å². The van der Waals surface area contributed by atoms with Crippen molar-refractivity contribution in [3.05, 3.63) is 23.3 Å². The molecule has 1 fully saturated rings. The van der Waals surface area contributed by atoms with Crippen molar-refractivity contribution in [3.8, 4) is 11.5 Å². The molecule has 0 atom stereocenters. The van der Waals surface area contributed by atoms with Crippen LogP contribution in [-0.4, -0.2) is 51.2 Å². The maximum absolute atomic E-state index is 12.6. The molecule has 2 rings (SSSR count). The van der Waals surface area contributed by atoms with Gasteiger partial charge in [0.1, 0.15) is 11.5 Å². The number of carbonyl (C=O) groups is 1. The number of carbonyl (C=O) groups excluding carboxylic acids is 1. The van der Waals surface area contributed by atoms with Gasteiger partial charge >= 0.3 is 0 Å². The zero-order valence-corrected chi connectivity index (χ0v) is 13.6. The molecule has 0 aliphatic carbocycles. The van der Waals surface area contributed by atoms with Crippen LogP contribution in [0.3, 0.4) is 0 Å². The van der Waals surface area contributed by atoms with Crippen molar-refractivity contribution in [1.29, 1.82) is 0 Å². The first kappa shape index (κ1) is 17.6. The number of amides is 1. The molecule has 118 valence electrons. The zero-order valence-electron chi connectivity index (χ0n) is 12.8. The summed E-state index contributed by atoms with van der Waals surface area (Å²) in [4.78, 5) is 14.5. The normalized spacial score (nSPS) is 14.9. The number of methoxy groups -OCH3 is 2. The molecule has 21 heavy (non-hydrogen) atoms. The molecular formula is C15H23ClN2O3. The van der Waals surface area contributed by atoms with E-state index < -0.39 is 0 Å². The minimum absolute atomic E-state index is 0. The van der Waals surface area contributed by atoms with Crippen molar-refractivity contribution >= 4 is 18.3 Å². The van der Waals surface area contributed by atoms with Crippen LogP contribution in [0.5, 0.6) is 11.5 Å². The highest BCUT2D eigenvalue weighted by Crippen LogP contribution is 2.30. The Bertz CT molecular complexity index is 461. The first-order valence-electron chi connectivity index (χ1n) is 6.90. The van der Waals surface area contributed by atoms with Crippen LogP contribution >= 0.6 is 12.4 Å². The van der Waals surface area contributed by atoms with Gasteiger partial charge in [-0.15, -0.1) is 12.4 Å². The number of ether oxygens (including phenoxy) is 2. The van der Waals surface area contributed by atoms with Gasteiger partial charge in [0.25, 0.3) is 5.91 Å². The molecular weight excluding hydrogens is 292 g/mol. The molecule has 1 aromatic rings. The first-order valence-corrected chi connectivity index (χ1v) is 6.90. The van der Waals surface area contributed by atoms with Crippen LogP contribution in [0.15, 0.2) is 12.1 Å². The van der Waals surface area contributed by atoms with Crippen molar-refractivity contribution in [2.75, 3.05) is 40.4 Å². The fourth-order valence-electron chi connectivity index (χ4n) is 2.44. The van der Waals surface area contributed by atoms with Gasteiger partial charge in [0.05, 0.1) is 14.2 Å². The average molecular weight is 315 g/mol. The lowest BCUT2D eigenvalue weighted by Crippen LogP contribution is -2.34. The molecule has 1 heterocycles. The van der Waals surface area contributed by atoms with Crippen LogP contribution in [-0.2, 0) is 0 Å². The van der Waals surface area contributed by atoms with Crippen LogP contribution in [0.2, 0.25) is 0 Å². The first-order chi connectivity index (χ1) is 9.67. The average Bonchev–Trinajstić information content (AvgIpc) is 2.75. The molecule has 6 heteroatoms. The van der Waals surface area contributed by atoms with Gasteiger partial charge in [-0.05, 0) is 32.0 Å². The van der Waals surface area contributed by atoms with Gasteiger partial charge in [0.2, 0.25) is 0 Å². The fourth-order valence-corrected chi connectivity index (χ4v) is 2.44. The van der Waals surface area contributed by atoms with E-state index in [1.807, 2.05) is 11.8 Å². The highest BCUT2D eigenvalue weighted by Gasteiger charge is 2.20. The van der Waals surface area contributed by atoms with E-state index in [0.29, 0.717) is 17.1 Å². The van der Waals surface area contributed by atoms with E-state index in [4.69, 9.17) is 9.47 Å². The molecule has 0 aromatic heterocycles. The third-order valence-corrected chi connectivity index (χ3v) is 3.63. The predicted molar refractivity (Wildman–Crippen MR) is 84.9 cm³/mol. The molecule has 1 aliphatic rings. The third-order valence-electron chi connectivity index (χ3n) is 3.63. The minimum atomic E-state index is 0. The lowest BCUT2D eigenvalue weighted by molar-refractivity contribution is 0.0765. The van der Waals surface area contributed by atoms with E-state index in [1.165, 1.54) is 0 Å². The molecule has 0 radical (unpaired) electrons. The smallest absolute Gasteiger partial charge is 0.254 e. The van der Waals surface area contributed by atoms with Crippen LogP contribution < -0.4 is 14.8 Å². The quantitative estimate of drug-likeness (QED) is 0.925. The van der Waals surface area contributed by atoms with Gasteiger partial charge in [-0.2, -0.15) is 0 Å². The Kier molecular flexibility index (Phi) is 6.78. The fraction of sp³-hybridized carbons (Fsp3) is 0.533. The van der Waals surface area contributed by atoms with E-state index in [1.54, 1.807) is 26.4 Å². The third kappa shape index (κ3) is 4.02. The second kappa shape index (κ2) is 8.10. The summed E-state index contributed by atoms with van der Waals surface area (Å²) in [7, 11) is 3.21. The summed E-state index contributed by atoms with van der Waals surface area (Å²) in [6, 6.07) is 3.58. The van der Waals surface area contributed by atoms with E-state index in [0.717, 1.165) is 38.2 Å². The Balaban J connectivity index is 0.00000220. The topological polar surface area (TPSA) is 50.8 Å². The van der Waals surface area contributed by atoms with Gasteiger partial charge in [0.15, 0.2) is 0 Å². The Morgan fingerprint density at radius 3 is 2.33 bits per heavy atom. The number of rotatable bonds is 3.